The normalized spacial score (nSPS) is 11.3. The van der Waals surface area contributed by atoms with Crippen LogP contribution < -0.4 is 5.32 Å². The van der Waals surface area contributed by atoms with Crippen LogP contribution in [0.5, 0.6) is 0 Å². The van der Waals surface area contributed by atoms with Gasteiger partial charge in [-0.15, -0.1) is 0 Å². The summed E-state index contributed by atoms with van der Waals surface area (Å²) in [5.41, 5.74) is 2.08. The second-order valence-corrected chi connectivity index (χ2v) is 6.54. The summed E-state index contributed by atoms with van der Waals surface area (Å²) in [6.07, 6.45) is 0.420. The molecule has 0 aliphatic heterocycles. The van der Waals surface area contributed by atoms with Crippen LogP contribution in [0.25, 0.3) is 0 Å². The van der Waals surface area contributed by atoms with Gasteiger partial charge in [0.25, 0.3) is 5.91 Å². The average molecular weight is 329 g/mol. The molecule has 24 heavy (non-hydrogen) atoms. The van der Waals surface area contributed by atoms with E-state index in [2.05, 4.69) is 11.4 Å². The number of benzene rings is 1. The maximum Gasteiger partial charge on any atom is 0.339 e. The van der Waals surface area contributed by atoms with E-state index in [1.165, 1.54) is 6.07 Å². The number of carbonyl (C=O) groups excluding carboxylic acids is 1. The van der Waals surface area contributed by atoms with Crippen molar-refractivity contribution in [2.24, 2.45) is 0 Å². The van der Waals surface area contributed by atoms with E-state index in [1.807, 2.05) is 39.0 Å². The van der Waals surface area contributed by atoms with Crippen LogP contribution in [0.15, 0.2) is 34.7 Å². The molecule has 0 saturated heterocycles. The maximum atomic E-state index is 12.3. The lowest BCUT2D eigenvalue weighted by Gasteiger charge is -2.25. The van der Waals surface area contributed by atoms with E-state index in [0.717, 1.165) is 11.1 Å². The first-order chi connectivity index (χ1) is 11.2. The van der Waals surface area contributed by atoms with E-state index in [9.17, 15) is 9.59 Å². The molecule has 0 atom stereocenters. The fraction of sp³-hybridized carbons (Fsp3) is 0.368. The summed E-state index contributed by atoms with van der Waals surface area (Å²) in [7, 11) is 0. The Morgan fingerprint density at radius 3 is 2.50 bits per heavy atom. The van der Waals surface area contributed by atoms with Crippen LogP contribution >= 0.6 is 0 Å². The van der Waals surface area contributed by atoms with E-state index in [-0.39, 0.29) is 16.7 Å². The summed E-state index contributed by atoms with van der Waals surface area (Å²) in [6.45, 7) is 8.32. The first kappa shape index (κ1) is 17.8. The largest absolute Gasteiger partial charge is 0.478 e. The number of aryl methyl sites for hydroxylation is 2. The van der Waals surface area contributed by atoms with E-state index in [0.29, 0.717) is 18.7 Å². The molecule has 0 unspecified atom stereocenters. The molecule has 0 radical (unpaired) electrons. The number of nitrogens with one attached hydrogen (secondary N) is 1. The van der Waals surface area contributed by atoms with Crippen molar-refractivity contribution in [1.82, 2.24) is 5.32 Å². The van der Waals surface area contributed by atoms with Crippen LogP contribution in [0.1, 0.15) is 58.6 Å². The maximum absolute atomic E-state index is 12.3. The van der Waals surface area contributed by atoms with Crippen LogP contribution in [0, 0.1) is 6.92 Å². The molecule has 2 aromatic rings. The highest BCUT2D eigenvalue weighted by Crippen LogP contribution is 2.23. The Morgan fingerprint density at radius 2 is 1.96 bits per heavy atom. The lowest BCUT2D eigenvalue weighted by atomic mass is 9.84. The number of amides is 1. The Hall–Kier alpha value is -2.56. The fourth-order valence-electron chi connectivity index (χ4n) is 2.54. The molecule has 1 aromatic carbocycles. The van der Waals surface area contributed by atoms with E-state index < -0.39 is 11.9 Å². The van der Waals surface area contributed by atoms with Crippen LogP contribution in [0.2, 0.25) is 0 Å². The monoisotopic (exact) mass is 329 g/mol. The van der Waals surface area contributed by atoms with Crippen molar-refractivity contribution in [3.8, 4) is 0 Å². The van der Waals surface area contributed by atoms with Gasteiger partial charge in [0.05, 0.1) is 0 Å². The second kappa shape index (κ2) is 6.91. The van der Waals surface area contributed by atoms with E-state index in [1.54, 1.807) is 6.92 Å². The molecule has 128 valence electrons. The van der Waals surface area contributed by atoms with E-state index >= 15 is 0 Å². The molecular formula is C19H23NO4. The van der Waals surface area contributed by atoms with Gasteiger partial charge in [-0.3, -0.25) is 4.79 Å². The number of rotatable bonds is 6. The third-order valence-electron chi connectivity index (χ3n) is 4.07. The van der Waals surface area contributed by atoms with Gasteiger partial charge in [-0.1, -0.05) is 50.6 Å². The Bertz CT molecular complexity index is 758. The molecule has 0 spiro atoms. The van der Waals surface area contributed by atoms with Gasteiger partial charge in [0.15, 0.2) is 5.76 Å². The van der Waals surface area contributed by atoms with Gasteiger partial charge in [0.1, 0.15) is 11.3 Å². The molecule has 0 aliphatic rings. The smallest absolute Gasteiger partial charge is 0.339 e. The number of hydrogen-bond donors (Lipinski definition) is 2. The van der Waals surface area contributed by atoms with Crippen molar-refractivity contribution >= 4 is 11.9 Å². The quantitative estimate of drug-likeness (QED) is 0.849. The Balaban J connectivity index is 2.11. The van der Waals surface area contributed by atoms with Crippen molar-refractivity contribution in [2.45, 2.75) is 39.5 Å². The number of hydrogen-bond acceptors (Lipinski definition) is 3. The fourth-order valence-corrected chi connectivity index (χ4v) is 2.54. The van der Waals surface area contributed by atoms with Crippen LogP contribution in [-0.2, 0) is 11.8 Å². The van der Waals surface area contributed by atoms with Gasteiger partial charge in [-0.05, 0) is 12.5 Å². The summed E-state index contributed by atoms with van der Waals surface area (Å²) >= 11 is 0. The molecule has 2 rings (SSSR count). The topological polar surface area (TPSA) is 79.5 Å². The molecule has 0 aliphatic carbocycles. The summed E-state index contributed by atoms with van der Waals surface area (Å²) in [5.74, 6) is -1.15. The number of carboxylic acid groups (broad SMARTS) is 1. The zero-order chi connectivity index (χ0) is 17.9. The van der Waals surface area contributed by atoms with Crippen molar-refractivity contribution in [2.75, 3.05) is 6.54 Å². The minimum absolute atomic E-state index is 0.0318. The predicted octanol–water partition coefficient (Wildman–Crippen LogP) is 3.56. The zero-order valence-electron chi connectivity index (χ0n) is 14.5. The van der Waals surface area contributed by atoms with Crippen LogP contribution in [-0.4, -0.2) is 23.5 Å². The number of carboxylic acids is 1. The lowest BCUT2D eigenvalue weighted by Crippen LogP contribution is -2.36. The zero-order valence-corrected chi connectivity index (χ0v) is 14.5. The molecule has 1 amide bonds. The molecule has 2 N–H and O–H groups in total. The van der Waals surface area contributed by atoms with Gasteiger partial charge >= 0.3 is 5.97 Å². The Morgan fingerprint density at radius 1 is 1.25 bits per heavy atom. The van der Waals surface area contributed by atoms with Gasteiger partial charge in [-0.25, -0.2) is 4.79 Å². The van der Waals surface area contributed by atoms with Crippen molar-refractivity contribution < 1.29 is 19.1 Å². The highest BCUT2D eigenvalue weighted by Gasteiger charge is 2.24. The van der Waals surface area contributed by atoms with Gasteiger partial charge in [-0.2, -0.15) is 0 Å². The highest BCUT2D eigenvalue weighted by atomic mass is 16.4. The molecule has 0 fully saturated rings. The molecule has 1 aromatic heterocycles. The minimum Gasteiger partial charge on any atom is -0.478 e. The standard InChI is InChI=1S/C19H23NO4/c1-5-15-14(18(22)23)10-16(24-15)17(21)20-11-19(3,4)13-8-6-7-12(2)9-13/h6-10H,5,11H2,1-4H3,(H,20,21)(H,22,23). The number of aromatic carboxylic acids is 1. The molecular weight excluding hydrogens is 306 g/mol. The molecule has 1 heterocycles. The van der Waals surface area contributed by atoms with Crippen molar-refractivity contribution in [3.05, 3.63) is 58.5 Å². The van der Waals surface area contributed by atoms with Gasteiger partial charge < -0.3 is 14.8 Å². The molecule has 0 bridgehead atoms. The third kappa shape index (κ3) is 3.85. The minimum atomic E-state index is -1.09. The van der Waals surface area contributed by atoms with Gasteiger partial charge in [0.2, 0.25) is 0 Å². The van der Waals surface area contributed by atoms with Gasteiger partial charge in [0, 0.05) is 24.4 Å². The highest BCUT2D eigenvalue weighted by molar-refractivity contribution is 5.96. The lowest BCUT2D eigenvalue weighted by molar-refractivity contribution is 0.0694. The molecule has 5 nitrogen and oxygen atoms in total. The number of furan rings is 1. The molecule has 0 saturated carbocycles. The Labute approximate surface area is 141 Å². The third-order valence-corrected chi connectivity index (χ3v) is 4.07. The van der Waals surface area contributed by atoms with Crippen LogP contribution in [0.3, 0.4) is 0 Å². The van der Waals surface area contributed by atoms with Crippen molar-refractivity contribution in [3.63, 3.8) is 0 Å². The Kier molecular flexibility index (Phi) is 5.12. The summed E-state index contributed by atoms with van der Waals surface area (Å²) in [4.78, 5) is 23.5. The van der Waals surface area contributed by atoms with E-state index in [4.69, 9.17) is 9.52 Å². The van der Waals surface area contributed by atoms with Crippen LogP contribution in [0.4, 0.5) is 0 Å². The summed E-state index contributed by atoms with van der Waals surface area (Å²) in [5, 5.41) is 12.0. The first-order valence-electron chi connectivity index (χ1n) is 7.96. The summed E-state index contributed by atoms with van der Waals surface area (Å²) in [6, 6.07) is 9.44. The second-order valence-electron chi connectivity index (χ2n) is 6.54. The average Bonchev–Trinajstić information content (AvgIpc) is 2.97. The van der Waals surface area contributed by atoms with Crippen molar-refractivity contribution in [1.29, 1.82) is 0 Å². The number of carbonyl (C=O) groups is 2. The molecule has 5 heteroatoms. The first-order valence-corrected chi connectivity index (χ1v) is 7.96. The SMILES string of the molecule is CCc1oc(C(=O)NCC(C)(C)c2cccc(C)c2)cc1C(=O)O. The predicted molar refractivity (Wildman–Crippen MR) is 91.6 cm³/mol. The summed E-state index contributed by atoms with van der Waals surface area (Å²) < 4.78 is 5.38.